The lowest BCUT2D eigenvalue weighted by Crippen LogP contribution is -2.37. The van der Waals surface area contributed by atoms with E-state index in [2.05, 4.69) is 19.3 Å². The van der Waals surface area contributed by atoms with Gasteiger partial charge in [0.25, 0.3) is 0 Å². The average Bonchev–Trinajstić information content (AvgIpc) is 2.28. The molecule has 0 aromatic heterocycles. The van der Waals surface area contributed by atoms with Crippen LogP contribution in [0.2, 0.25) is 5.02 Å². The minimum Gasteiger partial charge on any atom is -0.271 e. The molecule has 1 aromatic rings. The number of halogens is 2. The van der Waals surface area contributed by atoms with Crippen molar-refractivity contribution in [3.63, 3.8) is 0 Å². The number of hydrazine groups is 1. The summed E-state index contributed by atoms with van der Waals surface area (Å²) in [6, 6.07) is 5.02. The van der Waals surface area contributed by atoms with Crippen molar-refractivity contribution in [1.82, 2.24) is 5.43 Å². The molecule has 0 heterocycles. The van der Waals surface area contributed by atoms with Gasteiger partial charge in [0.15, 0.2) is 0 Å². The van der Waals surface area contributed by atoms with Crippen LogP contribution in [0.3, 0.4) is 0 Å². The molecule has 1 aromatic carbocycles. The summed E-state index contributed by atoms with van der Waals surface area (Å²) in [7, 11) is 0. The molecule has 0 fully saturated rings. The van der Waals surface area contributed by atoms with Crippen molar-refractivity contribution >= 4 is 11.6 Å². The molecule has 0 aliphatic rings. The normalized spacial score (nSPS) is 13.1. The maximum atomic E-state index is 13.0. The molecule has 17 heavy (non-hydrogen) atoms. The maximum absolute atomic E-state index is 13.0. The fourth-order valence-corrected chi connectivity index (χ4v) is 1.93. The summed E-state index contributed by atoms with van der Waals surface area (Å²) in [5, 5.41) is 0.169. The SMILES string of the molecule is CC(C)CCC(Cc1ccc(F)c(Cl)c1)NN. The zero-order chi connectivity index (χ0) is 12.8. The van der Waals surface area contributed by atoms with E-state index in [0.717, 1.165) is 24.8 Å². The molecule has 1 unspecified atom stereocenters. The van der Waals surface area contributed by atoms with Gasteiger partial charge in [0, 0.05) is 6.04 Å². The Morgan fingerprint density at radius 1 is 1.35 bits per heavy atom. The van der Waals surface area contributed by atoms with Crippen LogP contribution in [-0.2, 0) is 6.42 Å². The summed E-state index contributed by atoms with van der Waals surface area (Å²) >= 11 is 5.74. The monoisotopic (exact) mass is 258 g/mol. The first-order valence-corrected chi connectivity index (χ1v) is 6.30. The van der Waals surface area contributed by atoms with Gasteiger partial charge >= 0.3 is 0 Å². The number of hydrogen-bond acceptors (Lipinski definition) is 2. The molecule has 96 valence electrons. The number of benzene rings is 1. The molecule has 1 atom stereocenters. The van der Waals surface area contributed by atoms with E-state index >= 15 is 0 Å². The van der Waals surface area contributed by atoms with E-state index in [0.29, 0.717) is 5.92 Å². The van der Waals surface area contributed by atoms with E-state index in [4.69, 9.17) is 17.4 Å². The Balaban J connectivity index is 2.57. The molecule has 4 heteroatoms. The largest absolute Gasteiger partial charge is 0.271 e. The van der Waals surface area contributed by atoms with E-state index in [-0.39, 0.29) is 16.9 Å². The van der Waals surface area contributed by atoms with Gasteiger partial charge in [-0.3, -0.25) is 11.3 Å². The summed E-state index contributed by atoms with van der Waals surface area (Å²) in [5.41, 5.74) is 3.81. The van der Waals surface area contributed by atoms with E-state index in [9.17, 15) is 4.39 Å². The van der Waals surface area contributed by atoms with Gasteiger partial charge in [-0.2, -0.15) is 0 Å². The van der Waals surface area contributed by atoms with Gasteiger partial charge in [-0.25, -0.2) is 4.39 Å². The molecule has 0 saturated heterocycles. The molecule has 0 bridgehead atoms. The van der Waals surface area contributed by atoms with Gasteiger partial charge in [-0.1, -0.05) is 31.5 Å². The predicted molar refractivity (Wildman–Crippen MR) is 70.3 cm³/mol. The zero-order valence-electron chi connectivity index (χ0n) is 10.3. The predicted octanol–water partition coefficient (Wildman–Crippen LogP) is 3.29. The molecule has 0 spiro atoms. The summed E-state index contributed by atoms with van der Waals surface area (Å²) in [5.74, 6) is 5.79. The van der Waals surface area contributed by atoms with Crippen LogP contribution in [-0.4, -0.2) is 6.04 Å². The topological polar surface area (TPSA) is 38.0 Å². The zero-order valence-corrected chi connectivity index (χ0v) is 11.1. The number of nitrogens with two attached hydrogens (primary N) is 1. The molecule has 0 aliphatic carbocycles. The Morgan fingerprint density at radius 2 is 2.06 bits per heavy atom. The summed E-state index contributed by atoms with van der Waals surface area (Å²) < 4.78 is 13.0. The Bertz CT molecular complexity index is 355. The maximum Gasteiger partial charge on any atom is 0.141 e. The van der Waals surface area contributed by atoms with Crippen LogP contribution in [0.25, 0.3) is 0 Å². The molecule has 3 N–H and O–H groups in total. The number of nitrogens with one attached hydrogen (secondary N) is 1. The second kappa shape index (κ2) is 6.94. The van der Waals surface area contributed by atoms with Crippen LogP contribution >= 0.6 is 11.6 Å². The second-order valence-electron chi connectivity index (χ2n) is 4.79. The number of hydrogen-bond donors (Lipinski definition) is 2. The standard InChI is InChI=1S/C13H20ClFN2/c1-9(2)3-5-11(17-16)7-10-4-6-13(15)12(14)8-10/h4,6,8-9,11,17H,3,5,7,16H2,1-2H3. The van der Waals surface area contributed by atoms with Crippen molar-refractivity contribution < 1.29 is 4.39 Å². The smallest absolute Gasteiger partial charge is 0.141 e. The third-order valence-corrected chi connectivity index (χ3v) is 3.08. The first-order valence-electron chi connectivity index (χ1n) is 5.93. The van der Waals surface area contributed by atoms with Gasteiger partial charge in [0.05, 0.1) is 5.02 Å². The van der Waals surface area contributed by atoms with E-state index < -0.39 is 0 Å². The molecule has 1 rings (SSSR count). The van der Waals surface area contributed by atoms with Crippen LogP contribution < -0.4 is 11.3 Å². The quantitative estimate of drug-likeness (QED) is 0.607. The Morgan fingerprint density at radius 3 is 2.59 bits per heavy atom. The average molecular weight is 259 g/mol. The Hall–Kier alpha value is -0.640. The van der Waals surface area contributed by atoms with E-state index in [1.54, 1.807) is 12.1 Å². The van der Waals surface area contributed by atoms with Crippen LogP contribution in [0, 0.1) is 11.7 Å². The number of rotatable bonds is 6. The summed E-state index contributed by atoms with van der Waals surface area (Å²) in [6.45, 7) is 4.37. The first-order chi connectivity index (χ1) is 8.02. The lowest BCUT2D eigenvalue weighted by molar-refractivity contribution is 0.434. The minimum atomic E-state index is -0.380. The first kappa shape index (κ1) is 14.4. The second-order valence-corrected chi connectivity index (χ2v) is 5.19. The molecular formula is C13H20ClFN2. The van der Waals surface area contributed by atoms with Crippen molar-refractivity contribution in [3.8, 4) is 0 Å². The minimum absolute atomic E-state index is 0.169. The third-order valence-electron chi connectivity index (χ3n) is 2.79. The fraction of sp³-hybridized carbons (Fsp3) is 0.538. The van der Waals surface area contributed by atoms with Gasteiger partial charge in [0.2, 0.25) is 0 Å². The highest BCUT2D eigenvalue weighted by Crippen LogP contribution is 2.18. The van der Waals surface area contributed by atoms with Gasteiger partial charge < -0.3 is 0 Å². The van der Waals surface area contributed by atoms with Crippen molar-refractivity contribution in [3.05, 3.63) is 34.6 Å². The molecule has 0 amide bonds. The highest BCUT2D eigenvalue weighted by atomic mass is 35.5. The molecule has 0 aliphatic heterocycles. The van der Waals surface area contributed by atoms with Crippen LogP contribution in [0.5, 0.6) is 0 Å². The molecule has 0 saturated carbocycles. The van der Waals surface area contributed by atoms with Crippen LogP contribution in [0.15, 0.2) is 18.2 Å². The van der Waals surface area contributed by atoms with Crippen molar-refractivity contribution in [2.24, 2.45) is 11.8 Å². The molecule has 0 radical (unpaired) electrons. The van der Waals surface area contributed by atoms with Crippen molar-refractivity contribution in [2.75, 3.05) is 0 Å². The fourth-order valence-electron chi connectivity index (χ4n) is 1.73. The summed E-state index contributed by atoms with van der Waals surface area (Å²) in [4.78, 5) is 0. The van der Waals surface area contributed by atoms with Gasteiger partial charge in [-0.15, -0.1) is 0 Å². The Kier molecular flexibility index (Phi) is 5.89. The lowest BCUT2D eigenvalue weighted by atomic mass is 9.98. The Labute approximate surface area is 107 Å². The molecular weight excluding hydrogens is 239 g/mol. The molecule has 2 nitrogen and oxygen atoms in total. The van der Waals surface area contributed by atoms with Crippen LogP contribution in [0.1, 0.15) is 32.3 Å². The van der Waals surface area contributed by atoms with E-state index in [1.165, 1.54) is 6.07 Å². The summed E-state index contributed by atoms with van der Waals surface area (Å²) in [6.07, 6.45) is 2.89. The highest BCUT2D eigenvalue weighted by Gasteiger charge is 2.10. The van der Waals surface area contributed by atoms with Crippen molar-refractivity contribution in [1.29, 1.82) is 0 Å². The third kappa shape index (κ3) is 5.02. The van der Waals surface area contributed by atoms with Crippen LogP contribution in [0.4, 0.5) is 4.39 Å². The lowest BCUT2D eigenvalue weighted by Gasteiger charge is -2.17. The van der Waals surface area contributed by atoms with Gasteiger partial charge in [-0.05, 0) is 42.9 Å². The van der Waals surface area contributed by atoms with Crippen molar-refractivity contribution in [2.45, 2.75) is 39.2 Å². The van der Waals surface area contributed by atoms with Gasteiger partial charge in [0.1, 0.15) is 5.82 Å². The van der Waals surface area contributed by atoms with E-state index in [1.807, 2.05) is 0 Å². The highest BCUT2D eigenvalue weighted by molar-refractivity contribution is 6.30.